The molecule has 0 saturated heterocycles. The highest BCUT2D eigenvalue weighted by Gasteiger charge is 2.25. The van der Waals surface area contributed by atoms with Crippen molar-refractivity contribution in [2.75, 3.05) is 6.61 Å². The van der Waals surface area contributed by atoms with Crippen LogP contribution in [-0.4, -0.2) is 28.9 Å². The van der Waals surface area contributed by atoms with E-state index >= 15 is 0 Å². The van der Waals surface area contributed by atoms with Gasteiger partial charge in [-0.1, -0.05) is 12.1 Å². The zero-order valence-corrected chi connectivity index (χ0v) is 10.3. The highest BCUT2D eigenvalue weighted by atomic mass is 16.3. The van der Waals surface area contributed by atoms with E-state index < -0.39 is 0 Å². The van der Waals surface area contributed by atoms with Crippen LogP contribution in [0.15, 0.2) is 18.2 Å². The number of aliphatic hydroxyl groups excluding tert-OH is 1. The van der Waals surface area contributed by atoms with Crippen LogP contribution in [0.25, 0.3) is 0 Å². The van der Waals surface area contributed by atoms with Crippen molar-refractivity contribution < 1.29 is 15.0 Å². The molecule has 5 nitrogen and oxygen atoms in total. The van der Waals surface area contributed by atoms with E-state index in [0.29, 0.717) is 5.75 Å². The van der Waals surface area contributed by atoms with Crippen molar-refractivity contribution in [3.05, 3.63) is 29.3 Å². The van der Waals surface area contributed by atoms with E-state index in [-0.39, 0.29) is 24.7 Å². The maximum Gasteiger partial charge on any atom is 0.315 e. The number of hydrogen-bond acceptors (Lipinski definition) is 3. The Morgan fingerprint density at radius 2 is 2.33 bits per heavy atom. The number of aromatic hydroxyl groups is 1. The first kappa shape index (κ1) is 12.7. The molecule has 0 radical (unpaired) electrons. The van der Waals surface area contributed by atoms with Crippen molar-refractivity contribution in [2.45, 2.75) is 31.8 Å². The van der Waals surface area contributed by atoms with Gasteiger partial charge in [-0.05, 0) is 37.0 Å². The normalized spacial score (nSPS) is 19.1. The molecule has 0 aromatic heterocycles. The molecule has 2 unspecified atom stereocenters. The van der Waals surface area contributed by atoms with Gasteiger partial charge in [0.05, 0.1) is 18.7 Å². The fourth-order valence-corrected chi connectivity index (χ4v) is 2.25. The van der Waals surface area contributed by atoms with Gasteiger partial charge in [0.15, 0.2) is 0 Å². The number of aliphatic hydroxyl groups is 1. The topological polar surface area (TPSA) is 81.6 Å². The number of nitrogens with one attached hydrogen (secondary N) is 2. The van der Waals surface area contributed by atoms with E-state index in [4.69, 9.17) is 5.11 Å². The van der Waals surface area contributed by atoms with Gasteiger partial charge in [0, 0.05) is 0 Å². The average Bonchev–Trinajstić information content (AvgIpc) is 2.74. The number of carbonyl (C=O) groups excluding carboxylic acids is 1. The van der Waals surface area contributed by atoms with Gasteiger partial charge in [0.2, 0.25) is 0 Å². The Labute approximate surface area is 106 Å². The quantitative estimate of drug-likeness (QED) is 0.647. The molecule has 0 aliphatic heterocycles. The third kappa shape index (κ3) is 2.56. The lowest BCUT2D eigenvalue weighted by Crippen LogP contribution is -2.43. The molecule has 0 saturated carbocycles. The molecular formula is C13H18N2O3. The molecule has 2 amide bonds. The van der Waals surface area contributed by atoms with Crippen LogP contribution in [0.1, 0.15) is 30.5 Å². The van der Waals surface area contributed by atoms with Crippen molar-refractivity contribution in [3.8, 4) is 5.75 Å². The molecule has 5 heteroatoms. The van der Waals surface area contributed by atoms with Gasteiger partial charge < -0.3 is 20.8 Å². The molecule has 2 atom stereocenters. The number of hydrogen-bond donors (Lipinski definition) is 4. The second-order valence-electron chi connectivity index (χ2n) is 4.64. The summed E-state index contributed by atoms with van der Waals surface area (Å²) in [6.45, 7) is 1.64. The first-order chi connectivity index (χ1) is 8.61. The van der Waals surface area contributed by atoms with Crippen LogP contribution >= 0.6 is 0 Å². The fourth-order valence-electron chi connectivity index (χ4n) is 2.25. The number of fused-ring (bicyclic) bond motifs is 1. The van der Waals surface area contributed by atoms with Gasteiger partial charge in [-0.3, -0.25) is 0 Å². The minimum absolute atomic E-state index is 0.0713. The predicted octanol–water partition coefficient (Wildman–Crippen LogP) is 1.06. The summed E-state index contributed by atoms with van der Waals surface area (Å²) in [5.41, 5.74) is 1.89. The Kier molecular flexibility index (Phi) is 3.72. The summed E-state index contributed by atoms with van der Waals surface area (Å²) in [4.78, 5) is 11.7. The number of rotatable bonds is 3. The zero-order chi connectivity index (χ0) is 13.1. The molecule has 0 heterocycles. The Morgan fingerprint density at radius 3 is 3.06 bits per heavy atom. The Morgan fingerprint density at radius 1 is 1.56 bits per heavy atom. The fraction of sp³-hybridized carbons (Fsp3) is 0.462. The van der Waals surface area contributed by atoms with Crippen LogP contribution in [0.5, 0.6) is 5.75 Å². The van der Waals surface area contributed by atoms with Gasteiger partial charge in [0.1, 0.15) is 5.75 Å². The molecule has 1 aromatic rings. The molecule has 1 aliphatic carbocycles. The minimum Gasteiger partial charge on any atom is -0.508 e. The number of phenolic OH excluding ortho intramolecular Hbond substituents is 1. The lowest BCUT2D eigenvalue weighted by Gasteiger charge is -2.17. The monoisotopic (exact) mass is 250 g/mol. The standard InChI is InChI=1S/C13H18N2O3/c1-8(7-16)14-13(18)15-11-6-5-10-9(11)3-2-4-12(10)17/h2-4,8,11,16-17H,5-7H2,1H3,(H2,14,15,18). The molecule has 1 aromatic carbocycles. The second kappa shape index (κ2) is 5.27. The van der Waals surface area contributed by atoms with Crippen molar-refractivity contribution in [3.63, 3.8) is 0 Å². The van der Waals surface area contributed by atoms with Crippen LogP contribution in [-0.2, 0) is 6.42 Å². The summed E-state index contributed by atoms with van der Waals surface area (Å²) in [5, 5.41) is 24.1. The van der Waals surface area contributed by atoms with Crippen LogP contribution in [0.3, 0.4) is 0 Å². The van der Waals surface area contributed by atoms with Crippen LogP contribution < -0.4 is 10.6 Å². The van der Waals surface area contributed by atoms with Gasteiger partial charge in [-0.2, -0.15) is 0 Å². The highest BCUT2D eigenvalue weighted by Crippen LogP contribution is 2.36. The van der Waals surface area contributed by atoms with Gasteiger partial charge >= 0.3 is 6.03 Å². The highest BCUT2D eigenvalue weighted by molar-refractivity contribution is 5.75. The molecule has 98 valence electrons. The molecule has 18 heavy (non-hydrogen) atoms. The van der Waals surface area contributed by atoms with Gasteiger partial charge in [-0.25, -0.2) is 4.79 Å². The molecule has 4 N–H and O–H groups in total. The third-order valence-electron chi connectivity index (χ3n) is 3.20. The first-order valence-electron chi connectivity index (χ1n) is 6.10. The predicted molar refractivity (Wildman–Crippen MR) is 67.4 cm³/mol. The zero-order valence-electron chi connectivity index (χ0n) is 10.3. The summed E-state index contributed by atoms with van der Waals surface area (Å²) in [6.07, 6.45) is 1.55. The van der Waals surface area contributed by atoms with Crippen molar-refractivity contribution in [2.24, 2.45) is 0 Å². The van der Waals surface area contributed by atoms with Gasteiger partial charge in [0.25, 0.3) is 0 Å². The number of benzene rings is 1. The van der Waals surface area contributed by atoms with Crippen LogP contribution in [0, 0.1) is 0 Å². The number of phenols is 1. The lowest BCUT2D eigenvalue weighted by molar-refractivity contribution is 0.217. The summed E-state index contributed by atoms with van der Waals surface area (Å²) in [7, 11) is 0. The van der Waals surface area contributed by atoms with Crippen molar-refractivity contribution in [1.29, 1.82) is 0 Å². The van der Waals surface area contributed by atoms with E-state index in [1.54, 1.807) is 19.1 Å². The summed E-state index contributed by atoms with van der Waals surface area (Å²) >= 11 is 0. The van der Waals surface area contributed by atoms with Gasteiger partial charge in [-0.15, -0.1) is 0 Å². The lowest BCUT2D eigenvalue weighted by atomic mass is 10.1. The molecular weight excluding hydrogens is 232 g/mol. The molecule has 0 bridgehead atoms. The molecule has 1 aliphatic rings. The molecule has 0 fully saturated rings. The van der Waals surface area contributed by atoms with Crippen molar-refractivity contribution in [1.82, 2.24) is 10.6 Å². The SMILES string of the molecule is CC(CO)NC(=O)NC1CCc2c(O)cccc21. The van der Waals surface area contributed by atoms with Crippen molar-refractivity contribution >= 4 is 6.03 Å². The maximum absolute atomic E-state index is 11.7. The smallest absolute Gasteiger partial charge is 0.315 e. The first-order valence-corrected chi connectivity index (χ1v) is 6.10. The Balaban J connectivity index is 2.02. The van der Waals surface area contributed by atoms with E-state index in [1.807, 2.05) is 6.07 Å². The number of urea groups is 1. The summed E-state index contributed by atoms with van der Waals surface area (Å²) < 4.78 is 0. The van der Waals surface area contributed by atoms with Crippen LogP contribution in [0.2, 0.25) is 0 Å². The number of carbonyl (C=O) groups is 1. The van der Waals surface area contributed by atoms with Crippen LogP contribution in [0.4, 0.5) is 4.79 Å². The van der Waals surface area contributed by atoms with E-state index in [9.17, 15) is 9.90 Å². The largest absolute Gasteiger partial charge is 0.508 e. The Hall–Kier alpha value is -1.75. The summed E-state index contributed by atoms with van der Waals surface area (Å²) in [6, 6.07) is 4.73. The van der Waals surface area contributed by atoms with E-state index in [0.717, 1.165) is 24.0 Å². The Bertz CT molecular complexity index is 448. The third-order valence-corrected chi connectivity index (χ3v) is 3.20. The minimum atomic E-state index is -0.294. The average molecular weight is 250 g/mol. The summed E-state index contributed by atoms with van der Waals surface area (Å²) in [5.74, 6) is 0.293. The number of amides is 2. The maximum atomic E-state index is 11.7. The molecule has 0 spiro atoms. The van der Waals surface area contributed by atoms with E-state index in [2.05, 4.69) is 10.6 Å². The second-order valence-corrected chi connectivity index (χ2v) is 4.64. The molecule has 2 rings (SSSR count). The van der Waals surface area contributed by atoms with E-state index in [1.165, 1.54) is 0 Å².